The van der Waals surface area contributed by atoms with E-state index in [1.54, 1.807) is 6.07 Å². The van der Waals surface area contributed by atoms with Gasteiger partial charge in [0.15, 0.2) is 0 Å². The Morgan fingerprint density at radius 2 is 1.84 bits per heavy atom. The van der Waals surface area contributed by atoms with E-state index in [0.717, 1.165) is 37.0 Å². The number of benzene rings is 1. The van der Waals surface area contributed by atoms with Gasteiger partial charge >= 0.3 is 6.18 Å². The zero-order valence-corrected chi connectivity index (χ0v) is 11.4. The van der Waals surface area contributed by atoms with Crippen LogP contribution >= 0.6 is 12.2 Å². The fourth-order valence-electron chi connectivity index (χ4n) is 2.29. The summed E-state index contributed by atoms with van der Waals surface area (Å²) in [5.74, 6) is 0. The van der Waals surface area contributed by atoms with Gasteiger partial charge in [-0.3, -0.25) is 0 Å². The van der Waals surface area contributed by atoms with Gasteiger partial charge < -0.3 is 4.90 Å². The van der Waals surface area contributed by atoms with Crippen LogP contribution in [0.3, 0.4) is 0 Å². The van der Waals surface area contributed by atoms with Crippen molar-refractivity contribution < 1.29 is 13.2 Å². The Morgan fingerprint density at radius 1 is 1.16 bits per heavy atom. The van der Waals surface area contributed by atoms with Gasteiger partial charge in [-0.1, -0.05) is 30.4 Å². The van der Waals surface area contributed by atoms with Gasteiger partial charge in [0.05, 0.1) is 10.6 Å². The summed E-state index contributed by atoms with van der Waals surface area (Å²) in [5.41, 5.74) is 0.0249. The van der Waals surface area contributed by atoms with Crippen LogP contribution in [0, 0.1) is 0 Å². The van der Waals surface area contributed by atoms with Gasteiger partial charge in [0.2, 0.25) is 0 Å². The van der Waals surface area contributed by atoms with E-state index in [0.29, 0.717) is 12.0 Å². The van der Waals surface area contributed by atoms with Crippen LogP contribution < -0.4 is 0 Å². The molecule has 0 bridgehead atoms. The SMILES string of the molecule is FC(F)(F)c1cccc(CC(=S)N2CCCCC2)c1. The molecule has 1 aromatic rings. The van der Waals surface area contributed by atoms with E-state index in [2.05, 4.69) is 4.90 Å². The van der Waals surface area contributed by atoms with Crippen LogP contribution in [0.4, 0.5) is 13.2 Å². The number of halogens is 3. The average molecular weight is 287 g/mol. The minimum atomic E-state index is -4.29. The van der Waals surface area contributed by atoms with Crippen molar-refractivity contribution in [3.63, 3.8) is 0 Å². The van der Waals surface area contributed by atoms with Gasteiger partial charge in [0.1, 0.15) is 0 Å². The third kappa shape index (κ3) is 3.93. The number of rotatable bonds is 2. The molecule has 0 radical (unpaired) electrons. The van der Waals surface area contributed by atoms with Crippen molar-refractivity contribution in [2.75, 3.05) is 13.1 Å². The van der Waals surface area contributed by atoms with E-state index in [-0.39, 0.29) is 0 Å². The third-order valence-electron chi connectivity index (χ3n) is 3.32. The summed E-state index contributed by atoms with van der Waals surface area (Å²) < 4.78 is 37.9. The van der Waals surface area contributed by atoms with E-state index in [4.69, 9.17) is 12.2 Å². The van der Waals surface area contributed by atoms with E-state index < -0.39 is 11.7 Å². The van der Waals surface area contributed by atoms with Gasteiger partial charge in [-0.25, -0.2) is 0 Å². The van der Waals surface area contributed by atoms with E-state index in [1.807, 2.05) is 0 Å². The van der Waals surface area contributed by atoms with Gasteiger partial charge in [-0.15, -0.1) is 0 Å². The summed E-state index contributed by atoms with van der Waals surface area (Å²) in [6.07, 6.45) is -0.434. The van der Waals surface area contributed by atoms with Crippen molar-refractivity contribution >= 4 is 17.2 Å². The summed E-state index contributed by atoms with van der Waals surface area (Å²) in [6.45, 7) is 1.86. The Kier molecular flexibility index (Phi) is 4.45. The quantitative estimate of drug-likeness (QED) is 0.755. The van der Waals surface area contributed by atoms with Crippen LogP contribution in [0.2, 0.25) is 0 Å². The fourth-order valence-corrected chi connectivity index (χ4v) is 2.64. The molecule has 0 atom stereocenters. The molecule has 1 nitrogen and oxygen atoms in total. The molecular weight excluding hydrogens is 271 g/mol. The molecule has 5 heteroatoms. The number of hydrogen-bond acceptors (Lipinski definition) is 1. The van der Waals surface area contributed by atoms with Crippen molar-refractivity contribution in [1.82, 2.24) is 4.90 Å². The summed E-state index contributed by atoms with van der Waals surface area (Å²) in [7, 11) is 0. The second-order valence-corrected chi connectivity index (χ2v) is 5.29. The average Bonchev–Trinajstić information content (AvgIpc) is 2.39. The first-order valence-electron chi connectivity index (χ1n) is 6.41. The summed E-state index contributed by atoms with van der Waals surface area (Å²) in [5, 5.41) is 0. The number of thiocarbonyl (C=S) groups is 1. The minimum absolute atomic E-state index is 0.416. The Bertz CT molecular complexity index is 450. The molecule has 0 aliphatic carbocycles. The normalized spacial score (nSPS) is 16.5. The van der Waals surface area contributed by atoms with Gasteiger partial charge in [0.25, 0.3) is 0 Å². The van der Waals surface area contributed by atoms with Crippen LogP contribution in [0.5, 0.6) is 0 Å². The molecule has 104 valence electrons. The van der Waals surface area contributed by atoms with Gasteiger partial charge in [0, 0.05) is 19.5 Å². The van der Waals surface area contributed by atoms with Gasteiger partial charge in [-0.05, 0) is 30.9 Å². The highest BCUT2D eigenvalue weighted by Gasteiger charge is 2.30. The number of hydrogen-bond donors (Lipinski definition) is 0. The second-order valence-electron chi connectivity index (χ2n) is 4.82. The first-order chi connectivity index (χ1) is 8.97. The lowest BCUT2D eigenvalue weighted by atomic mass is 10.1. The zero-order chi connectivity index (χ0) is 13.9. The molecule has 19 heavy (non-hydrogen) atoms. The third-order valence-corrected chi connectivity index (χ3v) is 3.72. The fraction of sp³-hybridized carbons (Fsp3) is 0.500. The summed E-state index contributed by atoms with van der Waals surface area (Å²) >= 11 is 5.34. The number of piperidine rings is 1. The summed E-state index contributed by atoms with van der Waals surface area (Å²) in [4.78, 5) is 2.86. The Balaban J connectivity index is 2.04. The molecule has 1 heterocycles. The van der Waals surface area contributed by atoms with Gasteiger partial charge in [-0.2, -0.15) is 13.2 Å². The second kappa shape index (κ2) is 5.90. The van der Waals surface area contributed by atoms with Crippen LogP contribution in [0.25, 0.3) is 0 Å². The topological polar surface area (TPSA) is 3.24 Å². The van der Waals surface area contributed by atoms with Crippen LogP contribution in [0.15, 0.2) is 24.3 Å². The highest BCUT2D eigenvalue weighted by Crippen LogP contribution is 2.29. The number of likely N-dealkylation sites (tertiary alicyclic amines) is 1. The molecule has 1 aliphatic heterocycles. The highest BCUT2D eigenvalue weighted by atomic mass is 32.1. The predicted molar refractivity (Wildman–Crippen MR) is 73.2 cm³/mol. The number of alkyl halides is 3. The summed E-state index contributed by atoms with van der Waals surface area (Å²) in [6, 6.07) is 5.42. The molecule has 1 saturated heterocycles. The molecule has 0 aromatic heterocycles. The maximum absolute atomic E-state index is 12.6. The molecule has 1 aliphatic rings. The molecule has 1 aromatic carbocycles. The maximum atomic E-state index is 12.6. The largest absolute Gasteiger partial charge is 0.416 e. The Hall–Kier alpha value is -1.10. The smallest absolute Gasteiger partial charge is 0.366 e. The van der Waals surface area contributed by atoms with E-state index in [9.17, 15) is 13.2 Å². The monoisotopic (exact) mass is 287 g/mol. The lowest BCUT2D eigenvalue weighted by molar-refractivity contribution is -0.137. The molecule has 0 spiro atoms. The molecule has 0 amide bonds. The molecule has 0 N–H and O–H groups in total. The number of nitrogens with zero attached hydrogens (tertiary/aromatic N) is 1. The van der Waals surface area contributed by atoms with Crippen LogP contribution in [-0.2, 0) is 12.6 Å². The molecular formula is C14H16F3NS. The van der Waals surface area contributed by atoms with Crippen molar-refractivity contribution in [2.24, 2.45) is 0 Å². The van der Waals surface area contributed by atoms with E-state index >= 15 is 0 Å². The zero-order valence-electron chi connectivity index (χ0n) is 10.5. The first kappa shape index (κ1) is 14.3. The lowest BCUT2D eigenvalue weighted by Crippen LogP contribution is -2.35. The molecule has 1 fully saturated rings. The standard InChI is InChI=1S/C14H16F3NS/c15-14(16,17)12-6-4-5-11(9-12)10-13(19)18-7-2-1-3-8-18/h4-6,9H,1-3,7-8,10H2. The molecule has 2 rings (SSSR count). The van der Waals surface area contributed by atoms with Crippen LogP contribution in [0.1, 0.15) is 30.4 Å². The maximum Gasteiger partial charge on any atom is 0.416 e. The lowest BCUT2D eigenvalue weighted by Gasteiger charge is -2.29. The van der Waals surface area contributed by atoms with Crippen LogP contribution in [-0.4, -0.2) is 23.0 Å². The molecule has 0 saturated carbocycles. The Labute approximate surface area is 116 Å². The van der Waals surface area contributed by atoms with Crippen molar-refractivity contribution in [1.29, 1.82) is 0 Å². The Morgan fingerprint density at radius 3 is 2.47 bits per heavy atom. The highest BCUT2D eigenvalue weighted by molar-refractivity contribution is 7.80. The van der Waals surface area contributed by atoms with Crippen molar-refractivity contribution in [3.05, 3.63) is 35.4 Å². The van der Waals surface area contributed by atoms with E-state index in [1.165, 1.54) is 18.6 Å². The first-order valence-corrected chi connectivity index (χ1v) is 6.81. The minimum Gasteiger partial charge on any atom is -0.366 e. The predicted octanol–water partition coefficient (Wildman–Crippen LogP) is 4.06. The van der Waals surface area contributed by atoms with Crippen molar-refractivity contribution in [2.45, 2.75) is 31.9 Å². The van der Waals surface area contributed by atoms with Crippen molar-refractivity contribution in [3.8, 4) is 0 Å². The molecule has 0 unspecified atom stereocenters.